The molecule has 1 aliphatic rings. The Morgan fingerprint density at radius 3 is 2.69 bits per heavy atom. The smallest absolute Gasteiger partial charge is 0.336 e. The van der Waals surface area contributed by atoms with Crippen LogP contribution < -0.4 is 15.1 Å². The number of fused-ring (bicyclic) bond motifs is 4. The topological polar surface area (TPSA) is 48.7 Å². The highest BCUT2D eigenvalue weighted by molar-refractivity contribution is 6.09. The van der Waals surface area contributed by atoms with Crippen molar-refractivity contribution in [2.24, 2.45) is 0 Å². The molecule has 0 saturated heterocycles. The molecular formula is C22H14O4. The summed E-state index contributed by atoms with van der Waals surface area (Å²) in [5.41, 5.74) is 2.02. The summed E-state index contributed by atoms with van der Waals surface area (Å²) >= 11 is 0. The third kappa shape index (κ3) is 2.43. The second-order valence-electron chi connectivity index (χ2n) is 6.13. The molecule has 1 aromatic heterocycles. The average molecular weight is 342 g/mol. The lowest BCUT2D eigenvalue weighted by molar-refractivity contribution is 0.174. The fraction of sp³-hybridized carbons (Fsp3) is 0.0455. The third-order valence-corrected chi connectivity index (χ3v) is 4.52. The maximum Gasteiger partial charge on any atom is 0.336 e. The molecule has 5 rings (SSSR count). The van der Waals surface area contributed by atoms with Gasteiger partial charge < -0.3 is 13.9 Å². The molecule has 0 spiro atoms. The van der Waals surface area contributed by atoms with Crippen molar-refractivity contribution < 1.29 is 13.9 Å². The lowest BCUT2D eigenvalue weighted by Crippen LogP contribution is -1.98. The summed E-state index contributed by atoms with van der Waals surface area (Å²) in [5.74, 6) is 1.48. The summed E-state index contributed by atoms with van der Waals surface area (Å²) in [6.45, 7) is 0.249. The maximum absolute atomic E-state index is 12.0. The van der Waals surface area contributed by atoms with Crippen LogP contribution in [0.1, 0.15) is 11.1 Å². The van der Waals surface area contributed by atoms with Crippen LogP contribution in [0, 0.1) is 0 Å². The summed E-state index contributed by atoms with van der Waals surface area (Å²) in [7, 11) is 0. The molecule has 0 saturated carbocycles. The van der Waals surface area contributed by atoms with Gasteiger partial charge in [0.1, 0.15) is 5.58 Å². The molecule has 0 unspecified atom stereocenters. The normalized spacial score (nSPS) is 13.1. The molecule has 4 aromatic rings. The Morgan fingerprint density at radius 1 is 0.846 bits per heavy atom. The third-order valence-electron chi connectivity index (χ3n) is 4.52. The first-order chi connectivity index (χ1) is 12.8. The Bertz CT molecular complexity index is 1230. The van der Waals surface area contributed by atoms with Crippen LogP contribution >= 0.6 is 0 Å². The van der Waals surface area contributed by atoms with Crippen molar-refractivity contribution in [3.05, 3.63) is 82.2 Å². The number of hydrogen-bond donors (Lipinski definition) is 0. The minimum atomic E-state index is -0.363. The second-order valence-corrected chi connectivity index (χ2v) is 6.13. The van der Waals surface area contributed by atoms with Crippen molar-refractivity contribution >= 4 is 33.9 Å². The molecule has 0 radical (unpaired) electrons. The summed E-state index contributed by atoms with van der Waals surface area (Å²) in [6.07, 6.45) is 3.89. The lowest BCUT2D eigenvalue weighted by Gasteiger charge is -2.06. The van der Waals surface area contributed by atoms with Crippen LogP contribution in [-0.2, 0) is 0 Å². The van der Waals surface area contributed by atoms with Gasteiger partial charge in [-0.15, -0.1) is 0 Å². The molecule has 0 atom stereocenters. The fourth-order valence-corrected chi connectivity index (χ4v) is 3.31. The van der Waals surface area contributed by atoms with Gasteiger partial charge in [0.25, 0.3) is 0 Å². The highest BCUT2D eigenvalue weighted by Gasteiger charge is 2.12. The zero-order valence-electron chi connectivity index (χ0n) is 13.8. The van der Waals surface area contributed by atoms with Crippen molar-refractivity contribution in [3.63, 3.8) is 0 Å². The van der Waals surface area contributed by atoms with Crippen LogP contribution in [0.2, 0.25) is 0 Å². The van der Waals surface area contributed by atoms with E-state index < -0.39 is 0 Å². The summed E-state index contributed by atoms with van der Waals surface area (Å²) < 4.78 is 16.2. The molecular weight excluding hydrogens is 328 g/mol. The minimum Gasteiger partial charge on any atom is -0.454 e. The van der Waals surface area contributed by atoms with Crippen molar-refractivity contribution in [2.75, 3.05) is 6.79 Å². The summed E-state index contributed by atoms with van der Waals surface area (Å²) in [5, 5.41) is 3.09. The molecule has 1 aliphatic heterocycles. The Labute approximate surface area is 148 Å². The van der Waals surface area contributed by atoms with Crippen molar-refractivity contribution in [2.45, 2.75) is 0 Å². The molecule has 0 aliphatic carbocycles. The van der Waals surface area contributed by atoms with Crippen LogP contribution in [-0.4, -0.2) is 6.79 Å². The molecule has 126 valence electrons. The number of benzene rings is 3. The monoisotopic (exact) mass is 342 g/mol. The van der Waals surface area contributed by atoms with E-state index in [4.69, 9.17) is 13.9 Å². The van der Waals surface area contributed by atoms with Gasteiger partial charge in [-0.05, 0) is 40.1 Å². The summed E-state index contributed by atoms with van der Waals surface area (Å²) in [4.78, 5) is 12.0. The van der Waals surface area contributed by atoms with Crippen LogP contribution in [0.5, 0.6) is 11.5 Å². The average Bonchev–Trinajstić information content (AvgIpc) is 3.13. The first-order valence-electron chi connectivity index (χ1n) is 8.31. The van der Waals surface area contributed by atoms with Gasteiger partial charge in [-0.3, -0.25) is 0 Å². The first-order valence-corrected chi connectivity index (χ1v) is 8.31. The predicted molar refractivity (Wildman–Crippen MR) is 101 cm³/mol. The van der Waals surface area contributed by atoms with Gasteiger partial charge >= 0.3 is 5.63 Å². The Balaban J connectivity index is 1.68. The number of hydrogen-bond acceptors (Lipinski definition) is 4. The maximum atomic E-state index is 12.0. The van der Waals surface area contributed by atoms with Gasteiger partial charge in [-0.2, -0.15) is 0 Å². The van der Waals surface area contributed by atoms with Crippen molar-refractivity contribution in [1.29, 1.82) is 0 Å². The molecule has 2 heterocycles. The molecule has 0 bridgehead atoms. The zero-order valence-corrected chi connectivity index (χ0v) is 13.8. The van der Waals surface area contributed by atoms with E-state index in [0.29, 0.717) is 5.58 Å². The van der Waals surface area contributed by atoms with Gasteiger partial charge in [-0.1, -0.05) is 48.6 Å². The lowest BCUT2D eigenvalue weighted by atomic mass is 10.0. The van der Waals surface area contributed by atoms with Gasteiger partial charge in [-0.25, -0.2) is 4.79 Å². The first kappa shape index (κ1) is 14.8. The van der Waals surface area contributed by atoms with E-state index in [1.54, 1.807) is 0 Å². The standard InChI is InChI=1S/C22H14O4/c23-21-12-16(7-5-14-6-9-18-20(11-14)25-13-24-18)22-17-4-2-1-3-15(17)8-10-19(22)26-21/h1-12H,13H2/b7-5+. The Morgan fingerprint density at radius 2 is 1.73 bits per heavy atom. The molecule has 4 nitrogen and oxygen atoms in total. The number of rotatable bonds is 2. The van der Waals surface area contributed by atoms with E-state index >= 15 is 0 Å². The molecule has 0 N–H and O–H groups in total. The van der Waals surface area contributed by atoms with Gasteiger partial charge in [0.15, 0.2) is 11.5 Å². The van der Waals surface area contributed by atoms with Gasteiger partial charge in [0, 0.05) is 11.5 Å². The van der Waals surface area contributed by atoms with Crippen LogP contribution in [0.15, 0.2) is 69.9 Å². The zero-order chi connectivity index (χ0) is 17.5. The Hall–Kier alpha value is -3.53. The fourth-order valence-electron chi connectivity index (χ4n) is 3.31. The quantitative estimate of drug-likeness (QED) is 0.386. The van der Waals surface area contributed by atoms with E-state index in [2.05, 4.69) is 0 Å². The van der Waals surface area contributed by atoms with Crippen LogP contribution in [0.25, 0.3) is 33.9 Å². The van der Waals surface area contributed by atoms with Crippen molar-refractivity contribution in [3.8, 4) is 11.5 Å². The van der Waals surface area contributed by atoms with Crippen LogP contribution in [0.4, 0.5) is 0 Å². The highest BCUT2D eigenvalue weighted by Crippen LogP contribution is 2.33. The van der Waals surface area contributed by atoms with Gasteiger partial charge in [0.2, 0.25) is 6.79 Å². The SMILES string of the molecule is O=c1cc(/C=C/c2ccc3c(c2)OCO3)c2c(ccc3ccccc32)o1. The van der Waals surface area contributed by atoms with E-state index in [1.165, 1.54) is 6.07 Å². The van der Waals surface area contributed by atoms with E-state index in [0.717, 1.165) is 38.8 Å². The van der Waals surface area contributed by atoms with E-state index in [1.807, 2.05) is 66.7 Å². The van der Waals surface area contributed by atoms with E-state index in [-0.39, 0.29) is 12.4 Å². The van der Waals surface area contributed by atoms with Crippen LogP contribution in [0.3, 0.4) is 0 Å². The minimum absolute atomic E-state index is 0.249. The van der Waals surface area contributed by atoms with E-state index in [9.17, 15) is 4.79 Å². The second kappa shape index (κ2) is 5.77. The highest BCUT2D eigenvalue weighted by atomic mass is 16.7. The molecule has 26 heavy (non-hydrogen) atoms. The molecule has 4 heteroatoms. The van der Waals surface area contributed by atoms with Crippen molar-refractivity contribution in [1.82, 2.24) is 0 Å². The predicted octanol–water partition coefficient (Wildman–Crippen LogP) is 4.85. The van der Waals surface area contributed by atoms with Gasteiger partial charge in [0.05, 0.1) is 0 Å². The largest absolute Gasteiger partial charge is 0.454 e. The Kier molecular flexibility index (Phi) is 3.28. The summed E-state index contributed by atoms with van der Waals surface area (Å²) in [6, 6.07) is 19.2. The molecule has 0 amide bonds. The number of ether oxygens (including phenoxy) is 2. The molecule has 3 aromatic carbocycles. The molecule has 0 fully saturated rings.